The monoisotopic (exact) mass is 372 g/mol. The number of nitrogens with one attached hydrogen (secondary N) is 1. The quantitative estimate of drug-likeness (QED) is 0.825. The summed E-state index contributed by atoms with van der Waals surface area (Å²) in [6.45, 7) is 5.60. The number of halogens is 1. The lowest BCUT2D eigenvalue weighted by molar-refractivity contribution is 0.0911. The molecule has 0 bridgehead atoms. The van der Waals surface area contributed by atoms with E-state index in [1.165, 1.54) is 13.0 Å². The van der Waals surface area contributed by atoms with E-state index >= 15 is 0 Å². The van der Waals surface area contributed by atoms with Crippen LogP contribution >= 0.6 is 22.6 Å². The van der Waals surface area contributed by atoms with Crippen LogP contribution in [-0.2, 0) is 0 Å². The molecule has 1 aliphatic heterocycles. The van der Waals surface area contributed by atoms with E-state index in [4.69, 9.17) is 0 Å². The summed E-state index contributed by atoms with van der Waals surface area (Å²) in [6, 6.07) is 8.07. The Bertz CT molecular complexity index is 428. The standard InChI is InChI=1S/C15H21IN2O/c1-2-8-18-9-6-14(7-10-18)17-15(19)12-4-3-5-13(16)11-12/h3-5,11,14H,2,6-10H2,1H3,(H,17,19). The highest BCUT2D eigenvalue weighted by Gasteiger charge is 2.20. The van der Waals surface area contributed by atoms with Gasteiger partial charge in [-0.2, -0.15) is 0 Å². The molecule has 1 fully saturated rings. The molecule has 19 heavy (non-hydrogen) atoms. The van der Waals surface area contributed by atoms with Crippen molar-refractivity contribution in [3.8, 4) is 0 Å². The van der Waals surface area contributed by atoms with Gasteiger partial charge in [-0.15, -0.1) is 0 Å². The Morgan fingerprint density at radius 2 is 2.16 bits per heavy atom. The predicted molar refractivity (Wildman–Crippen MR) is 86.4 cm³/mol. The molecule has 0 unspecified atom stereocenters. The molecule has 0 saturated carbocycles. The number of piperidine rings is 1. The van der Waals surface area contributed by atoms with Gasteiger partial charge in [-0.25, -0.2) is 0 Å². The number of carbonyl (C=O) groups excluding carboxylic acids is 1. The van der Waals surface area contributed by atoms with E-state index in [1.54, 1.807) is 0 Å². The molecule has 104 valence electrons. The Balaban J connectivity index is 1.84. The van der Waals surface area contributed by atoms with Gasteiger partial charge in [0.1, 0.15) is 0 Å². The maximum Gasteiger partial charge on any atom is 0.251 e. The maximum atomic E-state index is 12.1. The fourth-order valence-corrected chi connectivity index (χ4v) is 3.06. The van der Waals surface area contributed by atoms with Crippen LogP contribution in [0.3, 0.4) is 0 Å². The van der Waals surface area contributed by atoms with Crippen LogP contribution in [0.15, 0.2) is 24.3 Å². The molecule has 0 spiro atoms. The molecule has 1 amide bonds. The van der Waals surface area contributed by atoms with Gasteiger partial charge in [0.25, 0.3) is 5.91 Å². The van der Waals surface area contributed by atoms with Crippen molar-refractivity contribution in [2.45, 2.75) is 32.2 Å². The second-order valence-corrected chi connectivity index (χ2v) is 6.35. The lowest BCUT2D eigenvalue weighted by Crippen LogP contribution is -2.44. The van der Waals surface area contributed by atoms with Gasteiger partial charge < -0.3 is 10.2 Å². The van der Waals surface area contributed by atoms with E-state index in [0.29, 0.717) is 6.04 Å². The van der Waals surface area contributed by atoms with Crippen molar-refractivity contribution in [3.63, 3.8) is 0 Å². The second-order valence-electron chi connectivity index (χ2n) is 5.10. The third-order valence-corrected chi connectivity index (χ3v) is 4.22. The Morgan fingerprint density at radius 1 is 1.42 bits per heavy atom. The number of amides is 1. The summed E-state index contributed by atoms with van der Waals surface area (Å²) in [7, 11) is 0. The molecule has 0 aromatic heterocycles. The number of benzene rings is 1. The lowest BCUT2D eigenvalue weighted by atomic mass is 10.0. The minimum absolute atomic E-state index is 0.0625. The number of hydrogen-bond acceptors (Lipinski definition) is 2. The zero-order chi connectivity index (χ0) is 13.7. The summed E-state index contributed by atoms with van der Waals surface area (Å²) in [6.07, 6.45) is 3.34. The molecule has 0 atom stereocenters. The predicted octanol–water partition coefficient (Wildman–Crippen LogP) is 2.90. The van der Waals surface area contributed by atoms with Gasteiger partial charge in [0.15, 0.2) is 0 Å². The van der Waals surface area contributed by atoms with Crippen LogP contribution in [0.4, 0.5) is 0 Å². The SMILES string of the molecule is CCCN1CCC(NC(=O)c2cccc(I)c2)CC1. The van der Waals surface area contributed by atoms with Crippen molar-refractivity contribution in [3.05, 3.63) is 33.4 Å². The first-order chi connectivity index (χ1) is 9.19. The average molecular weight is 372 g/mol. The summed E-state index contributed by atoms with van der Waals surface area (Å²) in [5.74, 6) is 0.0625. The van der Waals surface area contributed by atoms with Crippen LogP contribution in [0.25, 0.3) is 0 Å². The van der Waals surface area contributed by atoms with Crippen LogP contribution in [0.5, 0.6) is 0 Å². The topological polar surface area (TPSA) is 32.3 Å². The zero-order valence-corrected chi connectivity index (χ0v) is 13.5. The molecule has 4 heteroatoms. The Labute approximate surface area is 128 Å². The molecular formula is C15H21IN2O. The largest absolute Gasteiger partial charge is 0.349 e. The molecule has 1 heterocycles. The Morgan fingerprint density at radius 3 is 2.79 bits per heavy atom. The summed E-state index contributed by atoms with van der Waals surface area (Å²) >= 11 is 2.23. The van der Waals surface area contributed by atoms with Gasteiger partial charge in [0, 0.05) is 28.3 Å². The third kappa shape index (κ3) is 4.45. The van der Waals surface area contributed by atoms with Gasteiger partial charge in [-0.3, -0.25) is 4.79 Å². The molecule has 1 saturated heterocycles. The second kappa shape index (κ2) is 7.24. The van der Waals surface area contributed by atoms with Crippen molar-refractivity contribution in [2.24, 2.45) is 0 Å². The highest BCUT2D eigenvalue weighted by atomic mass is 127. The van der Waals surface area contributed by atoms with E-state index in [2.05, 4.69) is 39.7 Å². The Hall–Kier alpha value is -0.620. The van der Waals surface area contributed by atoms with Crippen LogP contribution in [-0.4, -0.2) is 36.5 Å². The van der Waals surface area contributed by atoms with Gasteiger partial charge in [0.2, 0.25) is 0 Å². The minimum atomic E-state index is 0.0625. The van der Waals surface area contributed by atoms with Crippen molar-refractivity contribution in [1.29, 1.82) is 0 Å². The highest BCUT2D eigenvalue weighted by molar-refractivity contribution is 14.1. The molecular weight excluding hydrogens is 351 g/mol. The van der Waals surface area contributed by atoms with Crippen LogP contribution < -0.4 is 5.32 Å². The van der Waals surface area contributed by atoms with Crippen molar-refractivity contribution in [1.82, 2.24) is 10.2 Å². The normalized spacial score (nSPS) is 17.4. The molecule has 1 aromatic rings. The number of likely N-dealkylation sites (tertiary alicyclic amines) is 1. The van der Waals surface area contributed by atoms with Crippen molar-refractivity contribution < 1.29 is 4.79 Å². The summed E-state index contributed by atoms with van der Waals surface area (Å²) in [5, 5.41) is 3.16. The van der Waals surface area contributed by atoms with Gasteiger partial charge in [0.05, 0.1) is 0 Å². The molecule has 0 aliphatic carbocycles. The van der Waals surface area contributed by atoms with E-state index < -0.39 is 0 Å². The Kier molecular flexibility index (Phi) is 5.63. The summed E-state index contributed by atoms with van der Waals surface area (Å²) in [5.41, 5.74) is 0.767. The van der Waals surface area contributed by atoms with Crippen molar-refractivity contribution >= 4 is 28.5 Å². The first kappa shape index (κ1) is 14.8. The van der Waals surface area contributed by atoms with Gasteiger partial charge >= 0.3 is 0 Å². The van der Waals surface area contributed by atoms with Crippen LogP contribution in [0.2, 0.25) is 0 Å². The first-order valence-corrected chi connectivity index (χ1v) is 8.05. The fourth-order valence-electron chi connectivity index (χ4n) is 2.52. The van der Waals surface area contributed by atoms with E-state index in [9.17, 15) is 4.79 Å². The number of hydrogen-bond donors (Lipinski definition) is 1. The molecule has 3 nitrogen and oxygen atoms in total. The third-order valence-electron chi connectivity index (χ3n) is 3.55. The van der Waals surface area contributed by atoms with Crippen LogP contribution in [0.1, 0.15) is 36.5 Å². The molecule has 1 aromatic carbocycles. The molecule has 0 radical (unpaired) electrons. The number of carbonyl (C=O) groups is 1. The van der Waals surface area contributed by atoms with E-state index in [0.717, 1.165) is 35.1 Å². The van der Waals surface area contributed by atoms with Crippen LogP contribution in [0, 0.1) is 3.57 Å². The van der Waals surface area contributed by atoms with E-state index in [1.807, 2.05) is 24.3 Å². The van der Waals surface area contributed by atoms with Gasteiger partial charge in [-0.05, 0) is 66.6 Å². The minimum Gasteiger partial charge on any atom is -0.349 e. The fraction of sp³-hybridized carbons (Fsp3) is 0.533. The van der Waals surface area contributed by atoms with E-state index in [-0.39, 0.29) is 5.91 Å². The lowest BCUT2D eigenvalue weighted by Gasteiger charge is -2.32. The first-order valence-electron chi connectivity index (χ1n) is 6.98. The zero-order valence-electron chi connectivity index (χ0n) is 11.4. The summed E-state index contributed by atoms with van der Waals surface area (Å²) in [4.78, 5) is 14.6. The molecule has 1 N–H and O–H groups in total. The number of rotatable bonds is 4. The van der Waals surface area contributed by atoms with Crippen molar-refractivity contribution in [2.75, 3.05) is 19.6 Å². The summed E-state index contributed by atoms with van der Waals surface area (Å²) < 4.78 is 1.10. The smallest absolute Gasteiger partial charge is 0.251 e. The van der Waals surface area contributed by atoms with Gasteiger partial charge in [-0.1, -0.05) is 13.0 Å². The maximum absolute atomic E-state index is 12.1. The molecule has 2 rings (SSSR count). The molecule has 1 aliphatic rings. The number of nitrogens with zero attached hydrogens (tertiary/aromatic N) is 1. The highest BCUT2D eigenvalue weighted by Crippen LogP contribution is 2.12. The average Bonchev–Trinajstić information content (AvgIpc) is 2.41.